The molecule has 1 heterocycles. The third kappa shape index (κ3) is 3.03. The van der Waals surface area contributed by atoms with Crippen LogP contribution in [0.2, 0.25) is 0 Å². The van der Waals surface area contributed by atoms with Crippen molar-refractivity contribution in [3.05, 3.63) is 23.9 Å². The Balaban J connectivity index is 2.66. The Morgan fingerprint density at radius 1 is 1.31 bits per heavy atom. The van der Waals surface area contributed by atoms with Crippen LogP contribution in [0, 0.1) is 0 Å². The Morgan fingerprint density at radius 3 is 2.85 bits per heavy atom. The molecule has 0 unspecified atom stereocenters. The second kappa shape index (κ2) is 5.54. The number of rotatable bonds is 5. The molecule has 3 nitrogen and oxygen atoms in total. The normalized spacial score (nSPS) is 10.0. The molecule has 0 radical (unpaired) electrons. The van der Waals surface area contributed by atoms with Gasteiger partial charge in [0.05, 0.1) is 0 Å². The first-order chi connectivity index (χ1) is 6.38. The van der Waals surface area contributed by atoms with Crippen LogP contribution in [0.1, 0.15) is 19.4 Å². The topological polar surface area (TPSA) is 37.0 Å². The predicted molar refractivity (Wildman–Crippen MR) is 55.8 cm³/mol. The van der Waals surface area contributed by atoms with Gasteiger partial charge in [0.1, 0.15) is 5.82 Å². The molecule has 0 saturated heterocycles. The van der Waals surface area contributed by atoms with E-state index in [0.717, 1.165) is 25.5 Å². The highest BCUT2D eigenvalue weighted by molar-refractivity contribution is 5.43. The van der Waals surface area contributed by atoms with E-state index in [1.165, 1.54) is 5.56 Å². The maximum atomic E-state index is 4.27. The molecule has 0 aliphatic heterocycles. The molecule has 0 bridgehead atoms. The molecule has 0 aliphatic carbocycles. The molecule has 0 amide bonds. The van der Waals surface area contributed by atoms with Gasteiger partial charge in [0.2, 0.25) is 0 Å². The van der Waals surface area contributed by atoms with Gasteiger partial charge in [-0.2, -0.15) is 0 Å². The van der Waals surface area contributed by atoms with Gasteiger partial charge in [-0.15, -0.1) is 0 Å². The predicted octanol–water partition coefficient (Wildman–Crippen LogP) is 1.62. The third-order valence-corrected chi connectivity index (χ3v) is 1.80. The minimum atomic E-state index is 0.882. The highest BCUT2D eigenvalue weighted by Gasteiger charge is 1.99. The number of nitrogens with one attached hydrogen (secondary N) is 2. The van der Waals surface area contributed by atoms with Gasteiger partial charge in [-0.1, -0.05) is 13.0 Å². The number of nitrogens with zero attached hydrogens (tertiary/aromatic N) is 1. The molecule has 0 saturated carbocycles. The number of hydrogen-bond acceptors (Lipinski definition) is 3. The van der Waals surface area contributed by atoms with Crippen LogP contribution in [-0.2, 0) is 6.54 Å². The Labute approximate surface area is 79.6 Å². The third-order valence-electron chi connectivity index (χ3n) is 1.80. The van der Waals surface area contributed by atoms with Crippen molar-refractivity contribution < 1.29 is 0 Å². The van der Waals surface area contributed by atoms with Crippen molar-refractivity contribution in [1.29, 1.82) is 0 Å². The van der Waals surface area contributed by atoms with Crippen molar-refractivity contribution >= 4 is 5.82 Å². The standard InChI is InChI=1S/C10H17N3/c1-3-11-8-9-6-5-7-13-10(9)12-4-2/h5-7,11H,3-4,8H2,1-2H3,(H,12,13). The monoisotopic (exact) mass is 179 g/mol. The number of pyridine rings is 1. The van der Waals surface area contributed by atoms with E-state index in [1.807, 2.05) is 12.3 Å². The quantitative estimate of drug-likeness (QED) is 0.721. The van der Waals surface area contributed by atoms with Crippen molar-refractivity contribution in [3.63, 3.8) is 0 Å². The first-order valence-electron chi connectivity index (χ1n) is 4.77. The molecule has 0 aliphatic rings. The highest BCUT2D eigenvalue weighted by atomic mass is 15.0. The summed E-state index contributed by atoms with van der Waals surface area (Å²) in [7, 11) is 0. The lowest BCUT2D eigenvalue weighted by Gasteiger charge is -2.08. The van der Waals surface area contributed by atoms with Gasteiger partial charge >= 0.3 is 0 Å². The zero-order valence-corrected chi connectivity index (χ0v) is 8.30. The molecule has 72 valence electrons. The number of aromatic nitrogens is 1. The van der Waals surface area contributed by atoms with Gasteiger partial charge in [0, 0.05) is 24.8 Å². The minimum absolute atomic E-state index is 0.882. The SMILES string of the molecule is CCNCc1cccnc1NCC. The van der Waals surface area contributed by atoms with E-state index in [4.69, 9.17) is 0 Å². The van der Waals surface area contributed by atoms with Gasteiger partial charge in [-0.3, -0.25) is 0 Å². The van der Waals surface area contributed by atoms with Crippen LogP contribution in [0.25, 0.3) is 0 Å². The summed E-state index contributed by atoms with van der Waals surface area (Å²) < 4.78 is 0. The average Bonchev–Trinajstić information content (AvgIpc) is 2.17. The first-order valence-corrected chi connectivity index (χ1v) is 4.77. The summed E-state index contributed by atoms with van der Waals surface area (Å²) in [5.74, 6) is 0.992. The van der Waals surface area contributed by atoms with Crippen LogP contribution >= 0.6 is 0 Å². The van der Waals surface area contributed by atoms with Crippen molar-refractivity contribution in [3.8, 4) is 0 Å². The first kappa shape index (κ1) is 9.99. The molecule has 3 heteroatoms. The van der Waals surface area contributed by atoms with Crippen molar-refractivity contribution in [1.82, 2.24) is 10.3 Å². The fourth-order valence-electron chi connectivity index (χ4n) is 1.17. The highest BCUT2D eigenvalue weighted by Crippen LogP contribution is 2.10. The Morgan fingerprint density at radius 2 is 2.15 bits per heavy atom. The summed E-state index contributed by atoms with van der Waals surface area (Å²) >= 11 is 0. The fourth-order valence-corrected chi connectivity index (χ4v) is 1.17. The van der Waals surface area contributed by atoms with Crippen LogP contribution in [-0.4, -0.2) is 18.1 Å². The molecule has 1 aromatic heterocycles. The summed E-state index contributed by atoms with van der Waals surface area (Å²) in [6, 6.07) is 4.06. The largest absolute Gasteiger partial charge is 0.370 e. The molecule has 0 atom stereocenters. The fraction of sp³-hybridized carbons (Fsp3) is 0.500. The van der Waals surface area contributed by atoms with Gasteiger partial charge < -0.3 is 10.6 Å². The van der Waals surface area contributed by atoms with Gasteiger partial charge in [-0.25, -0.2) is 4.98 Å². The Hall–Kier alpha value is -1.09. The molecule has 0 aromatic carbocycles. The lowest BCUT2D eigenvalue weighted by molar-refractivity contribution is 0.725. The van der Waals surface area contributed by atoms with Crippen molar-refractivity contribution in [2.75, 3.05) is 18.4 Å². The van der Waals surface area contributed by atoms with E-state index in [2.05, 4.69) is 35.5 Å². The van der Waals surface area contributed by atoms with E-state index < -0.39 is 0 Å². The van der Waals surface area contributed by atoms with E-state index in [1.54, 1.807) is 0 Å². The molecule has 1 aromatic rings. The van der Waals surface area contributed by atoms with Crippen LogP contribution in [0.5, 0.6) is 0 Å². The average molecular weight is 179 g/mol. The maximum absolute atomic E-state index is 4.27. The van der Waals surface area contributed by atoms with Gasteiger partial charge in [0.25, 0.3) is 0 Å². The van der Waals surface area contributed by atoms with E-state index in [0.29, 0.717) is 0 Å². The van der Waals surface area contributed by atoms with Crippen molar-refractivity contribution in [2.24, 2.45) is 0 Å². The zero-order chi connectivity index (χ0) is 9.52. The number of anilines is 1. The van der Waals surface area contributed by atoms with E-state index in [-0.39, 0.29) is 0 Å². The lowest BCUT2D eigenvalue weighted by atomic mass is 10.2. The van der Waals surface area contributed by atoms with Gasteiger partial charge in [0.15, 0.2) is 0 Å². The molecule has 0 fully saturated rings. The van der Waals surface area contributed by atoms with Crippen LogP contribution in [0.4, 0.5) is 5.82 Å². The summed E-state index contributed by atoms with van der Waals surface area (Å²) in [6.45, 7) is 6.96. The molecular weight excluding hydrogens is 162 g/mol. The lowest BCUT2D eigenvalue weighted by Crippen LogP contribution is -2.14. The molecular formula is C10H17N3. The summed E-state index contributed by atoms with van der Waals surface area (Å²) in [5.41, 5.74) is 1.23. The Bertz CT molecular complexity index is 248. The summed E-state index contributed by atoms with van der Waals surface area (Å²) in [4.78, 5) is 4.27. The van der Waals surface area contributed by atoms with Crippen LogP contribution in [0.15, 0.2) is 18.3 Å². The zero-order valence-electron chi connectivity index (χ0n) is 8.30. The van der Waals surface area contributed by atoms with Crippen molar-refractivity contribution in [2.45, 2.75) is 20.4 Å². The molecule has 2 N–H and O–H groups in total. The molecule has 13 heavy (non-hydrogen) atoms. The van der Waals surface area contributed by atoms with E-state index in [9.17, 15) is 0 Å². The summed E-state index contributed by atoms with van der Waals surface area (Å²) in [6.07, 6.45) is 1.81. The second-order valence-corrected chi connectivity index (χ2v) is 2.82. The minimum Gasteiger partial charge on any atom is -0.370 e. The Kier molecular flexibility index (Phi) is 4.26. The second-order valence-electron chi connectivity index (χ2n) is 2.82. The molecule has 0 spiro atoms. The summed E-state index contributed by atoms with van der Waals surface area (Å²) in [5, 5.41) is 6.52. The van der Waals surface area contributed by atoms with E-state index >= 15 is 0 Å². The van der Waals surface area contributed by atoms with Crippen LogP contribution < -0.4 is 10.6 Å². The smallest absolute Gasteiger partial charge is 0.130 e. The molecule has 1 rings (SSSR count). The van der Waals surface area contributed by atoms with Crippen LogP contribution in [0.3, 0.4) is 0 Å². The van der Waals surface area contributed by atoms with Gasteiger partial charge in [-0.05, 0) is 19.5 Å². The number of hydrogen-bond donors (Lipinski definition) is 2. The maximum Gasteiger partial charge on any atom is 0.130 e.